The van der Waals surface area contributed by atoms with Crippen LogP contribution in [0, 0.1) is 6.92 Å². The number of carbonyl (C=O) groups is 1. The van der Waals surface area contributed by atoms with Gasteiger partial charge in [0.15, 0.2) is 0 Å². The summed E-state index contributed by atoms with van der Waals surface area (Å²) in [6.45, 7) is 1.97. The Bertz CT molecular complexity index is 518. The van der Waals surface area contributed by atoms with Crippen molar-refractivity contribution in [2.45, 2.75) is 6.92 Å². The van der Waals surface area contributed by atoms with Gasteiger partial charge in [-0.05, 0) is 24.1 Å². The second-order valence-corrected chi connectivity index (χ2v) is 3.69. The van der Waals surface area contributed by atoms with Gasteiger partial charge in [0.25, 0.3) is 0 Å². The van der Waals surface area contributed by atoms with Gasteiger partial charge >= 0.3 is 0 Å². The first-order valence-corrected chi connectivity index (χ1v) is 4.98. The van der Waals surface area contributed by atoms with Crippen LogP contribution in [-0.2, 0) is 0 Å². The lowest BCUT2D eigenvalue weighted by atomic mass is 10.0. The maximum absolute atomic E-state index is 10.5. The third-order valence-corrected chi connectivity index (χ3v) is 2.41. The lowest BCUT2D eigenvalue weighted by Crippen LogP contribution is -1.94. The molecule has 0 saturated heterocycles. The first-order valence-electron chi connectivity index (χ1n) is 4.98. The third-order valence-electron chi connectivity index (χ3n) is 2.41. The number of aromatic nitrogens is 1. The summed E-state index contributed by atoms with van der Waals surface area (Å²) in [6.07, 6.45) is 2.56. The molecule has 1 aromatic carbocycles. The van der Waals surface area contributed by atoms with E-state index < -0.39 is 0 Å². The van der Waals surface area contributed by atoms with Gasteiger partial charge in [0.05, 0.1) is 0 Å². The molecule has 2 rings (SSSR count). The van der Waals surface area contributed by atoms with E-state index in [1.165, 1.54) is 0 Å². The van der Waals surface area contributed by atoms with E-state index >= 15 is 0 Å². The highest BCUT2D eigenvalue weighted by Crippen LogP contribution is 2.24. The van der Waals surface area contributed by atoms with Crippen molar-refractivity contribution in [2.75, 3.05) is 5.73 Å². The van der Waals surface area contributed by atoms with Crippen LogP contribution in [0.25, 0.3) is 11.1 Å². The molecule has 0 radical (unpaired) electrons. The topological polar surface area (TPSA) is 56.0 Å². The van der Waals surface area contributed by atoms with Gasteiger partial charge in [-0.2, -0.15) is 0 Å². The minimum Gasteiger partial charge on any atom is -0.383 e. The van der Waals surface area contributed by atoms with Crippen LogP contribution in [0.1, 0.15) is 15.9 Å². The Labute approximate surface area is 93.9 Å². The molecule has 0 fully saturated rings. The maximum atomic E-state index is 10.5. The number of anilines is 1. The zero-order chi connectivity index (χ0) is 11.5. The molecule has 16 heavy (non-hydrogen) atoms. The van der Waals surface area contributed by atoms with E-state index in [0.29, 0.717) is 11.4 Å². The molecule has 0 atom stereocenters. The Hall–Kier alpha value is -2.16. The summed E-state index contributed by atoms with van der Waals surface area (Å²) in [4.78, 5) is 14.6. The normalized spacial score (nSPS) is 10.1. The molecule has 2 N–H and O–H groups in total. The van der Waals surface area contributed by atoms with Crippen molar-refractivity contribution in [3.05, 3.63) is 47.7 Å². The Morgan fingerprint density at radius 3 is 2.56 bits per heavy atom. The van der Waals surface area contributed by atoms with E-state index in [9.17, 15) is 4.79 Å². The van der Waals surface area contributed by atoms with Crippen molar-refractivity contribution >= 4 is 12.1 Å². The van der Waals surface area contributed by atoms with Gasteiger partial charge in [-0.3, -0.25) is 4.79 Å². The number of rotatable bonds is 2. The quantitative estimate of drug-likeness (QED) is 0.778. The van der Waals surface area contributed by atoms with Crippen LogP contribution in [0.4, 0.5) is 5.82 Å². The van der Waals surface area contributed by atoms with Gasteiger partial charge < -0.3 is 5.73 Å². The molecule has 80 valence electrons. The monoisotopic (exact) mass is 212 g/mol. The molecular weight excluding hydrogens is 200 g/mol. The van der Waals surface area contributed by atoms with Gasteiger partial charge in [0, 0.05) is 17.3 Å². The molecule has 0 aliphatic rings. The number of hydrogen-bond acceptors (Lipinski definition) is 3. The molecule has 0 aliphatic heterocycles. The van der Waals surface area contributed by atoms with Crippen LogP contribution in [0.5, 0.6) is 0 Å². The van der Waals surface area contributed by atoms with Crippen LogP contribution in [0.15, 0.2) is 36.5 Å². The number of benzene rings is 1. The van der Waals surface area contributed by atoms with Crippen molar-refractivity contribution in [2.24, 2.45) is 0 Å². The predicted molar refractivity (Wildman–Crippen MR) is 64.2 cm³/mol. The fourth-order valence-electron chi connectivity index (χ4n) is 1.55. The largest absolute Gasteiger partial charge is 0.383 e. The summed E-state index contributed by atoms with van der Waals surface area (Å²) >= 11 is 0. The molecule has 0 unspecified atom stereocenters. The fourth-order valence-corrected chi connectivity index (χ4v) is 1.55. The molecule has 3 heteroatoms. The average Bonchev–Trinajstić information content (AvgIpc) is 2.32. The summed E-state index contributed by atoms with van der Waals surface area (Å²) in [7, 11) is 0. The minimum atomic E-state index is 0.504. The van der Waals surface area contributed by atoms with Gasteiger partial charge in [-0.25, -0.2) is 4.98 Å². The van der Waals surface area contributed by atoms with E-state index in [-0.39, 0.29) is 0 Å². The van der Waals surface area contributed by atoms with Crippen LogP contribution in [-0.4, -0.2) is 11.3 Å². The van der Waals surface area contributed by atoms with Crippen molar-refractivity contribution in [3.8, 4) is 11.1 Å². The third kappa shape index (κ3) is 1.93. The number of pyridine rings is 1. The van der Waals surface area contributed by atoms with E-state index in [1.807, 2.05) is 25.1 Å². The molecule has 1 heterocycles. The first kappa shape index (κ1) is 10.4. The predicted octanol–water partition coefficient (Wildman–Crippen LogP) is 2.45. The summed E-state index contributed by atoms with van der Waals surface area (Å²) < 4.78 is 0. The smallest absolute Gasteiger partial charge is 0.150 e. The Morgan fingerprint density at radius 1 is 1.25 bits per heavy atom. The zero-order valence-corrected chi connectivity index (χ0v) is 8.97. The number of nitrogen functional groups attached to an aromatic ring is 1. The standard InChI is InChI=1S/C13H12N2O/c1-9-6-12(13(14)15-7-9)11-4-2-10(8-16)3-5-11/h2-8H,1H3,(H2,14,15). The number of aldehydes is 1. The lowest BCUT2D eigenvalue weighted by molar-refractivity contribution is 0.112. The summed E-state index contributed by atoms with van der Waals surface area (Å²) in [5.74, 6) is 0.504. The maximum Gasteiger partial charge on any atom is 0.150 e. The summed E-state index contributed by atoms with van der Waals surface area (Å²) in [6, 6.07) is 9.26. The average molecular weight is 212 g/mol. The second kappa shape index (κ2) is 4.14. The number of carbonyl (C=O) groups excluding carboxylic acids is 1. The van der Waals surface area contributed by atoms with Crippen LogP contribution >= 0.6 is 0 Å². The number of aryl methyl sites for hydroxylation is 1. The molecule has 1 aromatic heterocycles. The second-order valence-electron chi connectivity index (χ2n) is 3.69. The molecule has 0 amide bonds. The highest BCUT2D eigenvalue weighted by Gasteiger charge is 2.03. The van der Waals surface area contributed by atoms with Gasteiger partial charge in [0.2, 0.25) is 0 Å². The Morgan fingerprint density at radius 2 is 1.94 bits per heavy atom. The molecule has 2 aromatic rings. The highest BCUT2D eigenvalue weighted by molar-refractivity contribution is 5.79. The van der Waals surface area contributed by atoms with Gasteiger partial charge in [-0.1, -0.05) is 24.3 Å². The summed E-state index contributed by atoms with van der Waals surface area (Å²) in [5, 5.41) is 0. The van der Waals surface area contributed by atoms with E-state index in [1.54, 1.807) is 18.3 Å². The van der Waals surface area contributed by atoms with Gasteiger partial charge in [0.1, 0.15) is 12.1 Å². The van der Waals surface area contributed by atoms with E-state index in [2.05, 4.69) is 4.98 Å². The van der Waals surface area contributed by atoms with E-state index in [0.717, 1.165) is 23.0 Å². The number of nitrogens with zero attached hydrogens (tertiary/aromatic N) is 1. The van der Waals surface area contributed by atoms with Crippen LogP contribution < -0.4 is 5.73 Å². The SMILES string of the molecule is Cc1cnc(N)c(-c2ccc(C=O)cc2)c1. The van der Waals surface area contributed by atoms with Crippen molar-refractivity contribution < 1.29 is 4.79 Å². The number of nitrogens with two attached hydrogens (primary N) is 1. The molecular formula is C13H12N2O. The van der Waals surface area contributed by atoms with Gasteiger partial charge in [-0.15, -0.1) is 0 Å². The fraction of sp³-hybridized carbons (Fsp3) is 0.0769. The Balaban J connectivity index is 2.49. The molecule has 0 aliphatic carbocycles. The molecule has 3 nitrogen and oxygen atoms in total. The van der Waals surface area contributed by atoms with Crippen LogP contribution in [0.3, 0.4) is 0 Å². The summed E-state index contributed by atoms with van der Waals surface area (Å²) in [5.41, 5.74) is 9.40. The molecule has 0 spiro atoms. The van der Waals surface area contributed by atoms with Crippen LogP contribution in [0.2, 0.25) is 0 Å². The van der Waals surface area contributed by atoms with Crippen molar-refractivity contribution in [1.82, 2.24) is 4.98 Å². The molecule has 0 bridgehead atoms. The Kier molecular flexibility index (Phi) is 2.68. The minimum absolute atomic E-state index is 0.504. The first-order chi connectivity index (χ1) is 7.70. The van der Waals surface area contributed by atoms with Crippen molar-refractivity contribution in [3.63, 3.8) is 0 Å². The van der Waals surface area contributed by atoms with Crippen molar-refractivity contribution in [1.29, 1.82) is 0 Å². The zero-order valence-electron chi connectivity index (χ0n) is 8.97. The molecule has 0 saturated carbocycles. The lowest BCUT2D eigenvalue weighted by Gasteiger charge is -2.06. The highest BCUT2D eigenvalue weighted by atomic mass is 16.1. The van der Waals surface area contributed by atoms with E-state index in [4.69, 9.17) is 5.73 Å². The number of hydrogen-bond donors (Lipinski definition) is 1.